The molecule has 0 radical (unpaired) electrons. The van der Waals surface area contributed by atoms with Gasteiger partial charge in [-0.1, -0.05) is 19.4 Å². The Hall–Kier alpha value is -3.40. The van der Waals surface area contributed by atoms with Gasteiger partial charge in [-0.3, -0.25) is 10.00 Å². The highest BCUT2D eigenvalue weighted by atomic mass is 16.5. The molecule has 3 N–H and O–H groups in total. The van der Waals surface area contributed by atoms with Crippen LogP contribution in [-0.4, -0.2) is 51.7 Å². The van der Waals surface area contributed by atoms with Gasteiger partial charge in [0, 0.05) is 12.1 Å². The molecule has 30 heavy (non-hydrogen) atoms. The zero-order valence-electron chi connectivity index (χ0n) is 17.3. The number of carbonyl (C=O) groups is 1. The van der Waals surface area contributed by atoms with Crippen LogP contribution in [0.3, 0.4) is 0 Å². The summed E-state index contributed by atoms with van der Waals surface area (Å²) >= 11 is 0. The number of hydrogen-bond donors (Lipinski definition) is 3. The minimum atomic E-state index is -0.646. The Kier molecular flexibility index (Phi) is 7.02. The molecule has 0 saturated heterocycles. The molecule has 10 nitrogen and oxygen atoms in total. The van der Waals surface area contributed by atoms with Crippen LogP contribution in [0.1, 0.15) is 30.9 Å². The van der Waals surface area contributed by atoms with Gasteiger partial charge >= 0.3 is 6.09 Å². The number of unbranched alkanes of at least 4 members (excludes halogenated alkanes) is 1. The SMILES string of the molecule is CCCCNc1nc(NC(=O)OC)nc2cnn(Cc3cc(CO)ccc3OC)c12. The highest BCUT2D eigenvalue weighted by Crippen LogP contribution is 2.26. The van der Waals surface area contributed by atoms with Gasteiger partial charge in [-0.2, -0.15) is 10.1 Å². The fourth-order valence-electron chi connectivity index (χ4n) is 3.04. The van der Waals surface area contributed by atoms with Crippen molar-refractivity contribution < 1.29 is 19.4 Å². The molecule has 160 valence electrons. The van der Waals surface area contributed by atoms with Crippen molar-refractivity contribution >= 4 is 28.9 Å². The van der Waals surface area contributed by atoms with Gasteiger partial charge in [-0.15, -0.1) is 0 Å². The average Bonchev–Trinajstić information content (AvgIpc) is 3.16. The monoisotopic (exact) mass is 414 g/mol. The van der Waals surface area contributed by atoms with Crippen LogP contribution in [0.25, 0.3) is 11.0 Å². The molecule has 0 aliphatic rings. The number of hydrogen-bond acceptors (Lipinski definition) is 8. The van der Waals surface area contributed by atoms with Gasteiger partial charge < -0.3 is 19.9 Å². The zero-order valence-corrected chi connectivity index (χ0v) is 17.3. The molecule has 2 heterocycles. The summed E-state index contributed by atoms with van der Waals surface area (Å²) in [7, 11) is 2.88. The molecule has 0 saturated carbocycles. The van der Waals surface area contributed by atoms with Gasteiger partial charge in [0.2, 0.25) is 5.95 Å². The Labute approximate surface area is 174 Å². The summed E-state index contributed by atoms with van der Waals surface area (Å²) in [5.41, 5.74) is 2.93. The third-order valence-corrected chi connectivity index (χ3v) is 4.56. The maximum Gasteiger partial charge on any atom is 0.413 e. The number of aliphatic hydroxyl groups is 1. The molecule has 0 unspecified atom stereocenters. The highest BCUT2D eigenvalue weighted by Gasteiger charge is 2.16. The Balaban J connectivity index is 2.02. The van der Waals surface area contributed by atoms with Crippen molar-refractivity contribution in [3.63, 3.8) is 0 Å². The summed E-state index contributed by atoms with van der Waals surface area (Å²) < 4.78 is 11.9. The van der Waals surface area contributed by atoms with E-state index in [4.69, 9.17) is 4.74 Å². The van der Waals surface area contributed by atoms with Gasteiger partial charge in [0.05, 0.1) is 33.6 Å². The number of nitrogens with zero attached hydrogens (tertiary/aromatic N) is 4. The molecular weight excluding hydrogens is 388 g/mol. The number of anilines is 2. The Morgan fingerprint density at radius 1 is 1.27 bits per heavy atom. The van der Waals surface area contributed by atoms with Gasteiger partial charge in [-0.25, -0.2) is 9.78 Å². The largest absolute Gasteiger partial charge is 0.496 e. The van der Waals surface area contributed by atoms with Crippen LogP contribution in [0.4, 0.5) is 16.6 Å². The Bertz CT molecular complexity index is 1020. The van der Waals surface area contributed by atoms with E-state index < -0.39 is 6.09 Å². The topological polar surface area (TPSA) is 123 Å². The van der Waals surface area contributed by atoms with Gasteiger partial charge in [0.25, 0.3) is 0 Å². The number of benzene rings is 1. The van der Waals surface area contributed by atoms with Crippen molar-refractivity contribution in [2.75, 3.05) is 31.4 Å². The van der Waals surface area contributed by atoms with Crippen LogP contribution in [0.5, 0.6) is 5.75 Å². The number of aliphatic hydroxyl groups excluding tert-OH is 1. The quantitative estimate of drug-likeness (QED) is 0.457. The number of fused-ring (bicyclic) bond motifs is 1. The molecule has 0 spiro atoms. The minimum absolute atomic E-state index is 0.0632. The number of aromatic nitrogens is 4. The highest BCUT2D eigenvalue weighted by molar-refractivity contribution is 5.89. The predicted molar refractivity (Wildman–Crippen MR) is 113 cm³/mol. The van der Waals surface area contributed by atoms with Crippen molar-refractivity contribution in [3.05, 3.63) is 35.5 Å². The second kappa shape index (κ2) is 9.88. The van der Waals surface area contributed by atoms with E-state index in [0.29, 0.717) is 29.1 Å². The van der Waals surface area contributed by atoms with Crippen LogP contribution in [0.15, 0.2) is 24.4 Å². The maximum atomic E-state index is 11.6. The van der Waals surface area contributed by atoms with E-state index in [1.807, 2.05) is 18.2 Å². The van der Waals surface area contributed by atoms with Gasteiger partial charge in [0.15, 0.2) is 5.82 Å². The molecule has 1 amide bonds. The number of carbonyl (C=O) groups excluding carboxylic acids is 1. The second-order valence-corrected chi connectivity index (χ2v) is 6.63. The fraction of sp³-hybridized carbons (Fsp3) is 0.400. The molecule has 10 heteroatoms. The predicted octanol–water partition coefficient (Wildman–Crippen LogP) is 2.77. The molecule has 0 aliphatic heterocycles. The molecule has 0 fully saturated rings. The van der Waals surface area contributed by atoms with Crippen molar-refractivity contribution in [3.8, 4) is 5.75 Å². The van der Waals surface area contributed by atoms with Crippen molar-refractivity contribution in [1.29, 1.82) is 0 Å². The van der Waals surface area contributed by atoms with Crippen LogP contribution in [0.2, 0.25) is 0 Å². The summed E-state index contributed by atoms with van der Waals surface area (Å²) in [6, 6.07) is 5.52. The summed E-state index contributed by atoms with van der Waals surface area (Å²) in [5, 5.41) is 19.7. The lowest BCUT2D eigenvalue weighted by atomic mass is 10.1. The van der Waals surface area contributed by atoms with Crippen molar-refractivity contribution in [2.24, 2.45) is 0 Å². The molecule has 1 aromatic carbocycles. The normalized spacial score (nSPS) is 10.8. The lowest BCUT2D eigenvalue weighted by molar-refractivity contribution is 0.186. The van der Waals surface area contributed by atoms with E-state index in [1.165, 1.54) is 7.11 Å². The third-order valence-electron chi connectivity index (χ3n) is 4.56. The minimum Gasteiger partial charge on any atom is -0.496 e. The van der Waals surface area contributed by atoms with Crippen molar-refractivity contribution in [1.82, 2.24) is 19.7 Å². The number of ether oxygens (including phenoxy) is 2. The molecule has 2 aromatic heterocycles. The number of rotatable bonds is 9. The summed E-state index contributed by atoms with van der Waals surface area (Å²) in [6.45, 7) is 3.16. The summed E-state index contributed by atoms with van der Waals surface area (Å²) in [5.74, 6) is 1.39. The second-order valence-electron chi connectivity index (χ2n) is 6.63. The third kappa shape index (κ3) is 4.77. The number of methoxy groups -OCH3 is 2. The lowest BCUT2D eigenvalue weighted by Crippen LogP contribution is -2.15. The van der Waals surface area contributed by atoms with E-state index in [0.717, 1.165) is 30.5 Å². The molecular formula is C20H26N6O4. The first-order valence-corrected chi connectivity index (χ1v) is 9.68. The van der Waals surface area contributed by atoms with E-state index in [2.05, 4.69) is 37.4 Å². The molecule has 3 rings (SSSR count). The lowest BCUT2D eigenvalue weighted by Gasteiger charge is -2.13. The Morgan fingerprint density at radius 3 is 2.80 bits per heavy atom. The van der Waals surface area contributed by atoms with E-state index in [9.17, 15) is 9.90 Å². The maximum absolute atomic E-state index is 11.6. The standard InChI is InChI=1S/C20H26N6O4/c1-4-5-8-21-18-17-15(23-19(24-18)25-20(28)30-3)10-22-26(17)11-14-9-13(12-27)6-7-16(14)29-2/h6-7,9-10,27H,4-5,8,11-12H2,1-3H3,(H2,21,23,24,25,28). The summed E-state index contributed by atoms with van der Waals surface area (Å²) in [6.07, 6.45) is 2.96. The van der Waals surface area contributed by atoms with Gasteiger partial charge in [0.1, 0.15) is 16.8 Å². The zero-order chi connectivity index (χ0) is 21.5. The smallest absolute Gasteiger partial charge is 0.413 e. The van der Waals surface area contributed by atoms with E-state index in [1.54, 1.807) is 18.0 Å². The van der Waals surface area contributed by atoms with E-state index >= 15 is 0 Å². The fourth-order valence-corrected chi connectivity index (χ4v) is 3.04. The van der Waals surface area contributed by atoms with Gasteiger partial charge in [-0.05, 0) is 24.1 Å². The molecule has 0 atom stereocenters. The van der Waals surface area contributed by atoms with Crippen LogP contribution >= 0.6 is 0 Å². The first-order valence-electron chi connectivity index (χ1n) is 9.68. The van der Waals surface area contributed by atoms with Crippen molar-refractivity contribution in [2.45, 2.75) is 32.9 Å². The van der Waals surface area contributed by atoms with Crippen LogP contribution in [0, 0.1) is 0 Å². The molecule has 0 aliphatic carbocycles. The Morgan fingerprint density at radius 2 is 2.10 bits per heavy atom. The number of amides is 1. The first kappa shape index (κ1) is 21.3. The average molecular weight is 414 g/mol. The van der Waals surface area contributed by atoms with Crippen LogP contribution < -0.4 is 15.4 Å². The van der Waals surface area contributed by atoms with E-state index in [-0.39, 0.29) is 12.6 Å². The number of nitrogens with one attached hydrogen (secondary N) is 2. The summed E-state index contributed by atoms with van der Waals surface area (Å²) in [4.78, 5) is 20.4. The molecule has 0 bridgehead atoms. The van der Waals surface area contributed by atoms with Crippen LogP contribution in [-0.2, 0) is 17.9 Å². The molecule has 3 aromatic rings. The first-order chi connectivity index (χ1) is 14.6.